The van der Waals surface area contributed by atoms with E-state index in [9.17, 15) is 20.1 Å². The second-order valence-electron chi connectivity index (χ2n) is 15.3. The van der Waals surface area contributed by atoms with E-state index >= 15 is 0 Å². The topological polar surface area (TPSA) is 89.8 Å². The van der Waals surface area contributed by atoms with Crippen LogP contribution in [0.2, 0.25) is 0 Å². The summed E-state index contributed by atoms with van der Waals surface area (Å²) >= 11 is 0. The van der Waals surface area contributed by atoms with Crippen LogP contribution in [-0.4, -0.2) is 46.1 Å². The lowest BCUT2D eigenvalue weighted by atomic mass is 10.0. The number of carbonyl (C=O) groups excluding carboxylic acids is 1. The van der Waals surface area contributed by atoms with Gasteiger partial charge in [-0.15, -0.1) is 0 Å². The van der Waals surface area contributed by atoms with Crippen LogP contribution >= 0.6 is 0 Å². The molecule has 0 bridgehead atoms. The average molecular weight is 706 g/mol. The van der Waals surface area contributed by atoms with Crippen LogP contribution in [0, 0.1) is 0 Å². The summed E-state index contributed by atoms with van der Waals surface area (Å²) in [5.74, 6) is -0.507. The van der Waals surface area contributed by atoms with E-state index in [1.165, 1.54) is 180 Å². The van der Waals surface area contributed by atoms with Gasteiger partial charge in [-0.3, -0.25) is 4.79 Å². The normalized spacial score (nSPS) is 13.8. The molecule has 5 nitrogen and oxygen atoms in total. The number of hydrogen-bond donors (Lipinski definition) is 4. The van der Waals surface area contributed by atoms with Crippen LogP contribution in [-0.2, 0) is 4.79 Å². The number of rotatable bonds is 40. The molecule has 0 heterocycles. The van der Waals surface area contributed by atoms with Crippen LogP contribution in [0.4, 0.5) is 0 Å². The summed E-state index contributed by atoms with van der Waals surface area (Å²) in [6.07, 6.45) is 49.2. The van der Waals surface area contributed by atoms with Crippen LogP contribution in [0.5, 0.6) is 0 Å². The Hall–Kier alpha value is -1.17. The maximum absolute atomic E-state index is 12.5. The molecule has 0 saturated carbocycles. The summed E-state index contributed by atoms with van der Waals surface area (Å²) in [6, 6.07) is -0.797. The number of amides is 1. The van der Waals surface area contributed by atoms with Gasteiger partial charge in [0.05, 0.1) is 18.8 Å². The number of allylic oxidation sites excluding steroid dienone is 3. The lowest BCUT2D eigenvalue weighted by Gasteiger charge is -2.21. The molecular weight excluding hydrogens is 618 g/mol. The van der Waals surface area contributed by atoms with Gasteiger partial charge in [0.2, 0.25) is 5.91 Å². The number of hydrogen-bond acceptors (Lipinski definition) is 4. The van der Waals surface area contributed by atoms with Gasteiger partial charge in [-0.2, -0.15) is 0 Å². The van der Waals surface area contributed by atoms with E-state index in [-0.39, 0.29) is 6.61 Å². The van der Waals surface area contributed by atoms with Crippen molar-refractivity contribution in [2.24, 2.45) is 0 Å². The van der Waals surface area contributed by atoms with Gasteiger partial charge in [-0.05, 0) is 44.9 Å². The van der Waals surface area contributed by atoms with E-state index < -0.39 is 24.2 Å². The molecule has 0 aromatic carbocycles. The molecule has 1 amide bonds. The molecule has 0 radical (unpaired) electrons. The maximum Gasteiger partial charge on any atom is 0.249 e. The van der Waals surface area contributed by atoms with Gasteiger partial charge in [0.1, 0.15) is 6.10 Å². The molecule has 3 unspecified atom stereocenters. The van der Waals surface area contributed by atoms with E-state index in [4.69, 9.17) is 0 Å². The second kappa shape index (κ2) is 40.6. The summed E-state index contributed by atoms with van der Waals surface area (Å²) in [4.78, 5) is 12.5. The highest BCUT2D eigenvalue weighted by molar-refractivity contribution is 5.80. The third-order valence-corrected chi connectivity index (χ3v) is 10.3. The van der Waals surface area contributed by atoms with Crippen molar-refractivity contribution >= 4 is 5.91 Å². The van der Waals surface area contributed by atoms with Gasteiger partial charge in [-0.25, -0.2) is 0 Å². The van der Waals surface area contributed by atoms with Crippen LogP contribution in [0.1, 0.15) is 232 Å². The highest BCUT2D eigenvalue weighted by atomic mass is 16.3. The average Bonchev–Trinajstić information content (AvgIpc) is 3.12. The van der Waals surface area contributed by atoms with Crippen molar-refractivity contribution in [3.63, 3.8) is 0 Å². The van der Waals surface area contributed by atoms with Gasteiger partial charge in [-0.1, -0.05) is 212 Å². The predicted molar refractivity (Wildman–Crippen MR) is 218 cm³/mol. The molecule has 50 heavy (non-hydrogen) atoms. The van der Waals surface area contributed by atoms with Crippen molar-refractivity contribution in [2.75, 3.05) is 6.61 Å². The Morgan fingerprint density at radius 3 is 1.16 bits per heavy atom. The number of nitrogens with one attached hydrogen (secondary N) is 1. The minimum Gasteiger partial charge on any atom is -0.394 e. The third-order valence-electron chi connectivity index (χ3n) is 10.3. The number of aliphatic hydroxyl groups excluding tert-OH is 3. The van der Waals surface area contributed by atoms with Crippen molar-refractivity contribution in [3.8, 4) is 0 Å². The van der Waals surface area contributed by atoms with Crippen molar-refractivity contribution < 1.29 is 20.1 Å². The van der Waals surface area contributed by atoms with Crippen LogP contribution < -0.4 is 5.32 Å². The smallest absolute Gasteiger partial charge is 0.249 e. The largest absolute Gasteiger partial charge is 0.394 e. The fourth-order valence-corrected chi connectivity index (χ4v) is 6.77. The number of aliphatic hydroxyl groups is 3. The molecule has 0 aliphatic heterocycles. The van der Waals surface area contributed by atoms with Crippen LogP contribution in [0.15, 0.2) is 24.3 Å². The summed E-state index contributed by atoms with van der Waals surface area (Å²) < 4.78 is 0. The van der Waals surface area contributed by atoms with Gasteiger partial charge < -0.3 is 20.6 Å². The Balaban J connectivity index is 3.65. The Labute approximate surface area is 312 Å². The minimum absolute atomic E-state index is 0.364. The Morgan fingerprint density at radius 2 is 0.800 bits per heavy atom. The molecule has 0 fully saturated rings. The van der Waals surface area contributed by atoms with Crippen LogP contribution in [0.3, 0.4) is 0 Å². The first-order chi connectivity index (χ1) is 24.6. The van der Waals surface area contributed by atoms with Gasteiger partial charge in [0.15, 0.2) is 0 Å². The zero-order valence-corrected chi connectivity index (χ0v) is 33.5. The quantitative estimate of drug-likeness (QED) is 0.0377. The first-order valence-corrected chi connectivity index (χ1v) is 22.2. The fraction of sp³-hybridized carbons (Fsp3) is 0.889. The van der Waals surface area contributed by atoms with Gasteiger partial charge >= 0.3 is 0 Å². The Morgan fingerprint density at radius 1 is 0.480 bits per heavy atom. The summed E-state index contributed by atoms with van der Waals surface area (Å²) in [7, 11) is 0. The molecule has 0 aliphatic rings. The molecule has 0 spiro atoms. The first kappa shape index (κ1) is 48.8. The zero-order valence-electron chi connectivity index (χ0n) is 33.5. The second-order valence-corrected chi connectivity index (χ2v) is 15.3. The van der Waals surface area contributed by atoms with E-state index in [0.29, 0.717) is 6.42 Å². The molecule has 0 aromatic rings. The molecule has 4 N–H and O–H groups in total. The van der Waals surface area contributed by atoms with Gasteiger partial charge in [0.25, 0.3) is 0 Å². The summed E-state index contributed by atoms with van der Waals surface area (Å²) in [5.41, 5.74) is 0. The van der Waals surface area contributed by atoms with Crippen LogP contribution in [0.25, 0.3) is 0 Å². The zero-order chi connectivity index (χ0) is 36.6. The SMILES string of the molecule is CCCCCCCCCCCCCC/C=C\CCCCCCCCC(O)C(=O)NC(CO)C(O)/C=C/CCCCCCCCCCCCCC. The molecule has 0 aliphatic carbocycles. The molecule has 5 heteroatoms. The highest BCUT2D eigenvalue weighted by Crippen LogP contribution is 2.15. The minimum atomic E-state index is -1.10. The Kier molecular flexibility index (Phi) is 39.6. The monoisotopic (exact) mass is 706 g/mol. The molecule has 0 rings (SSSR count). The first-order valence-electron chi connectivity index (χ1n) is 22.2. The van der Waals surface area contributed by atoms with Crippen molar-refractivity contribution in [3.05, 3.63) is 24.3 Å². The third kappa shape index (κ3) is 35.2. The molecule has 0 saturated heterocycles. The predicted octanol–water partition coefficient (Wildman–Crippen LogP) is 12.6. The van der Waals surface area contributed by atoms with Crippen molar-refractivity contribution in [2.45, 2.75) is 250 Å². The highest BCUT2D eigenvalue weighted by Gasteiger charge is 2.22. The Bertz CT molecular complexity index is 739. The standard InChI is InChI=1S/C45H87NO4/c1-3-5-7-9-11-13-15-17-19-20-21-22-23-24-25-26-28-30-32-34-36-38-40-44(49)45(50)46-42(41-47)43(48)39-37-35-33-31-29-27-18-16-14-12-10-8-6-4-2/h24-25,37,39,42-44,47-49H,3-23,26-36,38,40-41H2,1-2H3,(H,46,50)/b25-24-,39-37+. The number of carbonyl (C=O) groups is 1. The summed E-state index contributed by atoms with van der Waals surface area (Å²) in [6.45, 7) is 4.18. The van der Waals surface area contributed by atoms with E-state index in [2.05, 4.69) is 31.3 Å². The lowest BCUT2D eigenvalue weighted by Crippen LogP contribution is -2.48. The maximum atomic E-state index is 12.5. The van der Waals surface area contributed by atoms with E-state index in [1.807, 2.05) is 6.08 Å². The van der Waals surface area contributed by atoms with Gasteiger partial charge in [0, 0.05) is 0 Å². The number of unbranched alkanes of at least 4 members (excludes halogenated alkanes) is 30. The molecule has 3 atom stereocenters. The van der Waals surface area contributed by atoms with E-state index in [1.54, 1.807) is 6.08 Å². The van der Waals surface area contributed by atoms with Crippen molar-refractivity contribution in [1.29, 1.82) is 0 Å². The summed E-state index contributed by atoms with van der Waals surface area (Å²) in [5, 5.41) is 33.1. The molecule has 0 aromatic heterocycles. The van der Waals surface area contributed by atoms with E-state index in [0.717, 1.165) is 32.1 Å². The molecule has 296 valence electrons. The lowest BCUT2D eigenvalue weighted by molar-refractivity contribution is -0.131. The van der Waals surface area contributed by atoms with Crippen molar-refractivity contribution in [1.82, 2.24) is 5.32 Å². The molecular formula is C45H87NO4. The fourth-order valence-electron chi connectivity index (χ4n) is 6.77.